The third kappa shape index (κ3) is 6.46. The van der Waals surface area contributed by atoms with Crippen molar-refractivity contribution in [2.45, 2.75) is 33.0 Å². The summed E-state index contributed by atoms with van der Waals surface area (Å²) in [6, 6.07) is 9.41. The molecular formula is C18H22N2O4S. The first-order valence-corrected chi connectivity index (χ1v) is 8.60. The van der Waals surface area contributed by atoms with E-state index in [9.17, 15) is 4.79 Å². The highest BCUT2D eigenvalue weighted by molar-refractivity contribution is 7.09. The van der Waals surface area contributed by atoms with Crippen LogP contribution < -0.4 is 14.9 Å². The van der Waals surface area contributed by atoms with Crippen molar-refractivity contribution in [2.24, 2.45) is 5.10 Å². The Morgan fingerprint density at radius 1 is 1.28 bits per heavy atom. The van der Waals surface area contributed by atoms with Crippen LogP contribution in [0.3, 0.4) is 0 Å². The number of carbonyl (C=O) groups is 1. The number of thiophene rings is 1. The Labute approximate surface area is 151 Å². The average Bonchev–Trinajstić information content (AvgIpc) is 3.05. The molecule has 1 N–H and O–H groups in total. The topological polar surface area (TPSA) is 69.2 Å². The van der Waals surface area contributed by atoms with Crippen molar-refractivity contribution in [1.82, 2.24) is 5.43 Å². The Kier molecular flexibility index (Phi) is 6.41. The predicted octanol–water partition coefficient (Wildman–Crippen LogP) is 4.19. The highest BCUT2D eigenvalue weighted by Crippen LogP contribution is 2.28. The standard InChI is InChI=1S/C18H22N2O4S/c1-18(2,3)24-17(21)20-19-11-13-7-8-15(16(10-13)22-4)23-12-14-6-5-9-25-14/h5-11H,12H2,1-4H3,(H,20,21)/b19-11-. The van der Waals surface area contributed by atoms with E-state index >= 15 is 0 Å². The second-order valence-corrected chi connectivity index (χ2v) is 7.18. The summed E-state index contributed by atoms with van der Waals surface area (Å²) < 4.78 is 16.2. The lowest BCUT2D eigenvalue weighted by Crippen LogP contribution is -2.29. The second-order valence-electron chi connectivity index (χ2n) is 6.15. The molecule has 0 bridgehead atoms. The first kappa shape index (κ1) is 18.8. The van der Waals surface area contributed by atoms with Gasteiger partial charge in [-0.05, 0) is 56.0 Å². The Hall–Kier alpha value is -2.54. The van der Waals surface area contributed by atoms with E-state index in [1.165, 1.54) is 6.21 Å². The van der Waals surface area contributed by atoms with Gasteiger partial charge >= 0.3 is 6.09 Å². The minimum absolute atomic E-state index is 0.488. The number of benzene rings is 1. The number of amides is 1. The molecule has 0 fully saturated rings. The molecule has 25 heavy (non-hydrogen) atoms. The van der Waals surface area contributed by atoms with Gasteiger partial charge in [-0.15, -0.1) is 11.3 Å². The van der Waals surface area contributed by atoms with Crippen molar-refractivity contribution >= 4 is 23.6 Å². The summed E-state index contributed by atoms with van der Waals surface area (Å²) in [7, 11) is 1.58. The molecule has 1 amide bonds. The molecule has 7 heteroatoms. The molecule has 0 saturated heterocycles. The fraction of sp³-hybridized carbons (Fsp3) is 0.333. The third-order valence-electron chi connectivity index (χ3n) is 2.91. The molecule has 0 spiro atoms. The van der Waals surface area contributed by atoms with Crippen molar-refractivity contribution < 1.29 is 19.0 Å². The number of hydrogen-bond acceptors (Lipinski definition) is 6. The number of ether oxygens (including phenoxy) is 3. The van der Waals surface area contributed by atoms with E-state index in [1.54, 1.807) is 51.4 Å². The molecule has 0 aliphatic rings. The molecule has 0 saturated carbocycles. The van der Waals surface area contributed by atoms with Gasteiger partial charge in [-0.25, -0.2) is 10.2 Å². The van der Waals surface area contributed by atoms with Crippen LogP contribution in [0.2, 0.25) is 0 Å². The van der Waals surface area contributed by atoms with Crippen LogP contribution >= 0.6 is 11.3 Å². The van der Waals surface area contributed by atoms with E-state index in [4.69, 9.17) is 14.2 Å². The fourth-order valence-electron chi connectivity index (χ4n) is 1.89. The quantitative estimate of drug-likeness (QED) is 0.618. The number of rotatable bonds is 6. The Morgan fingerprint density at radius 2 is 2.08 bits per heavy atom. The maximum Gasteiger partial charge on any atom is 0.428 e. The first-order valence-electron chi connectivity index (χ1n) is 7.72. The van der Waals surface area contributed by atoms with E-state index in [0.717, 1.165) is 10.4 Å². The molecule has 2 rings (SSSR count). The molecular weight excluding hydrogens is 340 g/mol. The minimum Gasteiger partial charge on any atom is -0.493 e. The van der Waals surface area contributed by atoms with E-state index in [1.807, 2.05) is 23.6 Å². The van der Waals surface area contributed by atoms with Crippen molar-refractivity contribution in [3.8, 4) is 11.5 Å². The summed E-state index contributed by atoms with van der Waals surface area (Å²) in [4.78, 5) is 12.7. The summed E-state index contributed by atoms with van der Waals surface area (Å²) in [5, 5.41) is 5.88. The Balaban J connectivity index is 1.95. The van der Waals surface area contributed by atoms with Gasteiger partial charge in [-0.3, -0.25) is 0 Å². The zero-order chi connectivity index (χ0) is 18.3. The highest BCUT2D eigenvalue weighted by Gasteiger charge is 2.15. The van der Waals surface area contributed by atoms with Crippen LogP contribution in [0.15, 0.2) is 40.8 Å². The molecule has 1 aromatic carbocycles. The van der Waals surface area contributed by atoms with Gasteiger partial charge in [0.15, 0.2) is 11.5 Å². The predicted molar refractivity (Wildman–Crippen MR) is 98.6 cm³/mol. The SMILES string of the molecule is COc1cc(/C=N\NC(=O)OC(C)(C)C)ccc1OCc1cccs1. The molecule has 1 heterocycles. The molecule has 1 aromatic heterocycles. The van der Waals surface area contributed by atoms with Crippen LogP contribution in [0, 0.1) is 0 Å². The number of carbonyl (C=O) groups excluding carboxylic acids is 1. The van der Waals surface area contributed by atoms with Crippen LogP contribution in [-0.2, 0) is 11.3 Å². The summed E-state index contributed by atoms with van der Waals surface area (Å²) >= 11 is 1.64. The fourth-order valence-corrected chi connectivity index (χ4v) is 2.50. The minimum atomic E-state index is -0.605. The van der Waals surface area contributed by atoms with Crippen LogP contribution in [0.4, 0.5) is 4.79 Å². The van der Waals surface area contributed by atoms with Gasteiger partial charge in [0.05, 0.1) is 13.3 Å². The lowest BCUT2D eigenvalue weighted by Gasteiger charge is -2.18. The summed E-state index contributed by atoms with van der Waals surface area (Å²) in [6.45, 7) is 5.85. The average molecular weight is 362 g/mol. The summed E-state index contributed by atoms with van der Waals surface area (Å²) in [5.41, 5.74) is 2.52. The van der Waals surface area contributed by atoms with Gasteiger partial charge in [0.2, 0.25) is 0 Å². The molecule has 0 aliphatic carbocycles. The summed E-state index contributed by atoms with van der Waals surface area (Å²) in [5.74, 6) is 1.24. The van der Waals surface area contributed by atoms with Crippen LogP contribution in [0.1, 0.15) is 31.2 Å². The van der Waals surface area contributed by atoms with Crippen molar-refractivity contribution in [1.29, 1.82) is 0 Å². The van der Waals surface area contributed by atoms with Crippen LogP contribution in [0.5, 0.6) is 11.5 Å². The number of methoxy groups -OCH3 is 1. The number of nitrogens with zero attached hydrogens (tertiary/aromatic N) is 1. The van der Waals surface area contributed by atoms with E-state index in [2.05, 4.69) is 10.5 Å². The van der Waals surface area contributed by atoms with Gasteiger partial charge in [0, 0.05) is 4.88 Å². The summed E-state index contributed by atoms with van der Waals surface area (Å²) in [6.07, 6.45) is 0.904. The molecule has 0 radical (unpaired) electrons. The van der Waals surface area contributed by atoms with Crippen LogP contribution in [0.25, 0.3) is 0 Å². The lowest BCUT2D eigenvalue weighted by atomic mass is 10.2. The zero-order valence-electron chi connectivity index (χ0n) is 14.7. The van der Waals surface area contributed by atoms with Crippen molar-refractivity contribution in [3.63, 3.8) is 0 Å². The molecule has 2 aromatic rings. The molecule has 134 valence electrons. The lowest BCUT2D eigenvalue weighted by molar-refractivity contribution is 0.0529. The van der Waals surface area contributed by atoms with E-state index in [-0.39, 0.29) is 0 Å². The Morgan fingerprint density at radius 3 is 2.72 bits per heavy atom. The van der Waals surface area contributed by atoms with Gasteiger partial charge < -0.3 is 14.2 Å². The number of nitrogens with one attached hydrogen (secondary N) is 1. The smallest absolute Gasteiger partial charge is 0.428 e. The monoisotopic (exact) mass is 362 g/mol. The van der Waals surface area contributed by atoms with Crippen molar-refractivity contribution in [2.75, 3.05) is 7.11 Å². The molecule has 0 aliphatic heterocycles. The van der Waals surface area contributed by atoms with Gasteiger partial charge in [-0.2, -0.15) is 5.10 Å². The van der Waals surface area contributed by atoms with Crippen LogP contribution in [-0.4, -0.2) is 25.0 Å². The largest absolute Gasteiger partial charge is 0.493 e. The first-order chi connectivity index (χ1) is 11.9. The number of hydrazone groups is 1. The molecule has 0 unspecified atom stereocenters. The molecule has 0 atom stereocenters. The third-order valence-corrected chi connectivity index (χ3v) is 3.76. The van der Waals surface area contributed by atoms with Gasteiger partial charge in [0.25, 0.3) is 0 Å². The van der Waals surface area contributed by atoms with Gasteiger partial charge in [0.1, 0.15) is 12.2 Å². The highest BCUT2D eigenvalue weighted by atomic mass is 32.1. The Bertz CT molecular complexity index is 721. The normalized spacial score (nSPS) is 11.4. The van der Waals surface area contributed by atoms with E-state index < -0.39 is 11.7 Å². The van der Waals surface area contributed by atoms with Gasteiger partial charge in [-0.1, -0.05) is 6.07 Å². The molecule has 6 nitrogen and oxygen atoms in total. The number of hydrogen-bond donors (Lipinski definition) is 1. The second kappa shape index (κ2) is 8.53. The zero-order valence-corrected chi connectivity index (χ0v) is 15.6. The maximum absolute atomic E-state index is 11.5. The van der Waals surface area contributed by atoms with Crippen molar-refractivity contribution in [3.05, 3.63) is 46.2 Å². The maximum atomic E-state index is 11.5. The van der Waals surface area contributed by atoms with E-state index in [0.29, 0.717) is 18.1 Å².